The molecule has 162 valence electrons. The normalized spacial score (nSPS) is 20.1. The Bertz CT molecular complexity index is 881. The van der Waals surface area contributed by atoms with Gasteiger partial charge in [0.1, 0.15) is 11.6 Å². The highest BCUT2D eigenvalue weighted by atomic mass is 19.4. The van der Waals surface area contributed by atoms with Gasteiger partial charge in [-0.2, -0.15) is 13.2 Å². The van der Waals surface area contributed by atoms with Crippen LogP contribution in [0.4, 0.5) is 23.2 Å². The first kappa shape index (κ1) is 21.9. The Morgan fingerprint density at radius 1 is 1.10 bits per heavy atom. The molecule has 1 fully saturated rings. The van der Waals surface area contributed by atoms with Gasteiger partial charge in [0, 0.05) is 12.1 Å². The van der Waals surface area contributed by atoms with Crippen LogP contribution >= 0.6 is 0 Å². The Hall–Kier alpha value is -2.77. The number of hydrogen-bond acceptors (Lipinski definition) is 2. The lowest BCUT2D eigenvalue weighted by Crippen LogP contribution is -2.44. The van der Waals surface area contributed by atoms with E-state index in [0.29, 0.717) is 17.4 Å². The van der Waals surface area contributed by atoms with Crippen molar-refractivity contribution in [2.45, 2.75) is 51.4 Å². The number of phenols is 1. The second-order valence-corrected chi connectivity index (χ2v) is 7.66. The average molecular weight is 423 g/mol. The van der Waals surface area contributed by atoms with E-state index in [1.165, 1.54) is 18.2 Å². The molecule has 2 aromatic carbocycles. The van der Waals surface area contributed by atoms with Crippen molar-refractivity contribution < 1.29 is 22.7 Å². The van der Waals surface area contributed by atoms with E-state index in [2.05, 4.69) is 22.5 Å². The van der Waals surface area contributed by atoms with E-state index >= 15 is 0 Å². The van der Waals surface area contributed by atoms with Gasteiger partial charge in [-0.1, -0.05) is 31.9 Å². The van der Waals surface area contributed by atoms with Gasteiger partial charge in [0.05, 0.1) is 17.8 Å². The maximum atomic E-state index is 13.6. The van der Waals surface area contributed by atoms with Crippen LogP contribution in [0.2, 0.25) is 0 Å². The molecule has 0 bridgehead atoms. The van der Waals surface area contributed by atoms with E-state index in [1.54, 1.807) is 0 Å². The highest BCUT2D eigenvalue weighted by molar-refractivity contribution is 5.95. The van der Waals surface area contributed by atoms with Crippen LogP contribution in [0, 0.1) is 11.7 Å². The van der Waals surface area contributed by atoms with Gasteiger partial charge in [0.2, 0.25) is 0 Å². The van der Waals surface area contributed by atoms with E-state index in [4.69, 9.17) is 0 Å². The van der Waals surface area contributed by atoms with Crippen LogP contribution in [0.15, 0.2) is 47.5 Å². The predicted molar refractivity (Wildman–Crippen MR) is 109 cm³/mol. The Kier molecular flexibility index (Phi) is 6.84. The molecule has 1 aliphatic carbocycles. The summed E-state index contributed by atoms with van der Waals surface area (Å²) in [5, 5.41) is 16.3. The number of nitrogens with zero attached hydrogens (tertiary/aromatic N) is 1. The van der Waals surface area contributed by atoms with Crippen molar-refractivity contribution in [1.82, 2.24) is 5.32 Å². The van der Waals surface area contributed by atoms with Crippen molar-refractivity contribution >= 4 is 11.6 Å². The summed E-state index contributed by atoms with van der Waals surface area (Å²) in [5.74, 6) is 0.119. The minimum atomic E-state index is -4.39. The summed E-state index contributed by atoms with van der Waals surface area (Å²) >= 11 is 0. The van der Waals surface area contributed by atoms with Gasteiger partial charge in [-0.3, -0.25) is 0 Å². The Labute approximate surface area is 173 Å². The number of phenolic OH excluding ortho intramolecular Hbond substituents is 1. The van der Waals surface area contributed by atoms with Crippen LogP contribution in [0.25, 0.3) is 0 Å². The highest BCUT2D eigenvalue weighted by Crippen LogP contribution is 2.29. The van der Waals surface area contributed by atoms with Crippen LogP contribution in [-0.2, 0) is 12.7 Å². The standard InChI is InChI=1S/C22H25F4N3O/c1-14-4-2-3-5-18(14)28-21(29-19-12-17(23)10-11-20(19)30)27-13-15-6-8-16(9-7-15)22(24,25)26/h6-12,14,18,30H,2-5,13H2,1H3,(H2,27,28,29). The van der Waals surface area contributed by atoms with Gasteiger partial charge in [-0.05, 0) is 48.6 Å². The molecule has 1 aliphatic rings. The predicted octanol–water partition coefficient (Wildman–Crippen LogP) is 5.69. The second-order valence-electron chi connectivity index (χ2n) is 7.66. The molecule has 1 saturated carbocycles. The molecule has 3 N–H and O–H groups in total. The SMILES string of the molecule is CC1CCCCC1NC(=NCc1ccc(C(F)(F)F)cc1)Nc1cc(F)ccc1O. The number of guanidine groups is 1. The van der Waals surface area contributed by atoms with Gasteiger partial charge in [0.15, 0.2) is 5.96 Å². The summed E-state index contributed by atoms with van der Waals surface area (Å²) in [6, 6.07) is 8.52. The zero-order valence-electron chi connectivity index (χ0n) is 16.6. The molecule has 2 unspecified atom stereocenters. The molecule has 0 spiro atoms. The topological polar surface area (TPSA) is 56.7 Å². The molecule has 4 nitrogen and oxygen atoms in total. The van der Waals surface area contributed by atoms with Crippen molar-refractivity contribution in [1.29, 1.82) is 0 Å². The first-order chi connectivity index (χ1) is 14.2. The van der Waals surface area contributed by atoms with E-state index in [0.717, 1.165) is 49.9 Å². The third-order valence-electron chi connectivity index (χ3n) is 5.35. The Balaban J connectivity index is 1.79. The second kappa shape index (κ2) is 9.36. The molecule has 2 atom stereocenters. The fourth-order valence-electron chi connectivity index (χ4n) is 3.53. The maximum absolute atomic E-state index is 13.6. The van der Waals surface area contributed by atoms with Crippen molar-refractivity contribution in [3.63, 3.8) is 0 Å². The zero-order valence-corrected chi connectivity index (χ0v) is 16.6. The molecular formula is C22H25F4N3O. The minimum Gasteiger partial charge on any atom is -0.506 e. The Morgan fingerprint density at radius 3 is 2.47 bits per heavy atom. The summed E-state index contributed by atoms with van der Waals surface area (Å²) in [4.78, 5) is 4.46. The third-order valence-corrected chi connectivity index (χ3v) is 5.35. The number of aliphatic imine (C=N–C) groups is 1. The van der Waals surface area contributed by atoms with Gasteiger partial charge in [-0.15, -0.1) is 0 Å². The average Bonchev–Trinajstić information content (AvgIpc) is 2.70. The van der Waals surface area contributed by atoms with Gasteiger partial charge < -0.3 is 15.7 Å². The van der Waals surface area contributed by atoms with Gasteiger partial charge in [0.25, 0.3) is 0 Å². The molecular weight excluding hydrogens is 398 g/mol. The fourth-order valence-corrected chi connectivity index (χ4v) is 3.53. The molecule has 0 aliphatic heterocycles. The van der Waals surface area contributed by atoms with Gasteiger partial charge >= 0.3 is 6.18 Å². The number of aromatic hydroxyl groups is 1. The zero-order chi connectivity index (χ0) is 21.7. The highest BCUT2D eigenvalue weighted by Gasteiger charge is 2.30. The minimum absolute atomic E-state index is 0.128. The molecule has 0 amide bonds. The molecule has 3 rings (SSSR count). The van der Waals surface area contributed by atoms with E-state index in [-0.39, 0.29) is 24.0 Å². The van der Waals surface area contributed by atoms with Crippen LogP contribution in [0.1, 0.15) is 43.7 Å². The Morgan fingerprint density at radius 2 is 1.80 bits per heavy atom. The molecule has 0 heterocycles. The summed E-state index contributed by atoms with van der Waals surface area (Å²) in [7, 11) is 0. The monoisotopic (exact) mass is 423 g/mol. The quantitative estimate of drug-likeness (QED) is 0.256. The van der Waals surface area contributed by atoms with Crippen molar-refractivity contribution in [2.75, 3.05) is 5.32 Å². The van der Waals surface area contributed by atoms with Crippen LogP contribution in [-0.4, -0.2) is 17.1 Å². The van der Waals surface area contributed by atoms with Crippen LogP contribution in [0.5, 0.6) is 5.75 Å². The van der Waals surface area contributed by atoms with E-state index in [1.807, 2.05) is 0 Å². The van der Waals surface area contributed by atoms with Crippen LogP contribution in [0.3, 0.4) is 0 Å². The third kappa shape index (κ3) is 5.87. The number of rotatable bonds is 4. The lowest BCUT2D eigenvalue weighted by atomic mass is 9.86. The summed E-state index contributed by atoms with van der Waals surface area (Å²) < 4.78 is 51.8. The molecule has 8 heteroatoms. The summed E-state index contributed by atoms with van der Waals surface area (Å²) in [5.41, 5.74) is 0.0498. The smallest absolute Gasteiger partial charge is 0.416 e. The number of hydrogen-bond donors (Lipinski definition) is 3. The summed E-state index contributed by atoms with van der Waals surface area (Å²) in [6.07, 6.45) is -0.108. The summed E-state index contributed by atoms with van der Waals surface area (Å²) in [6.45, 7) is 2.27. The lowest BCUT2D eigenvalue weighted by molar-refractivity contribution is -0.137. The lowest BCUT2D eigenvalue weighted by Gasteiger charge is -2.31. The van der Waals surface area contributed by atoms with Crippen molar-refractivity contribution in [2.24, 2.45) is 10.9 Å². The number of benzene rings is 2. The van der Waals surface area contributed by atoms with E-state index in [9.17, 15) is 22.7 Å². The number of alkyl halides is 3. The van der Waals surface area contributed by atoms with Gasteiger partial charge in [-0.25, -0.2) is 9.38 Å². The maximum Gasteiger partial charge on any atom is 0.416 e. The van der Waals surface area contributed by atoms with E-state index < -0.39 is 17.6 Å². The number of anilines is 1. The van der Waals surface area contributed by atoms with Crippen LogP contribution < -0.4 is 10.6 Å². The fraction of sp³-hybridized carbons (Fsp3) is 0.409. The largest absolute Gasteiger partial charge is 0.506 e. The van der Waals surface area contributed by atoms with Crippen molar-refractivity contribution in [3.8, 4) is 5.75 Å². The molecule has 0 aromatic heterocycles. The first-order valence-electron chi connectivity index (χ1n) is 9.95. The first-order valence-corrected chi connectivity index (χ1v) is 9.95. The molecule has 2 aromatic rings. The molecule has 30 heavy (non-hydrogen) atoms. The molecule has 0 saturated heterocycles. The number of nitrogens with one attached hydrogen (secondary N) is 2. The molecule has 0 radical (unpaired) electrons. The van der Waals surface area contributed by atoms with Crippen molar-refractivity contribution in [3.05, 3.63) is 59.4 Å². The number of halogens is 4.